The molecule has 0 heterocycles. The van der Waals surface area contributed by atoms with Gasteiger partial charge >= 0.3 is 35.5 Å². The molecule has 1 aromatic rings. The second-order valence-electron chi connectivity index (χ2n) is 3.17. The molecule has 0 aliphatic rings. The molecule has 0 saturated heterocycles. The smallest absolute Gasteiger partial charge is 0.478 e. The van der Waals surface area contributed by atoms with Gasteiger partial charge in [0.25, 0.3) is 0 Å². The number of hydrogen-bond acceptors (Lipinski definition) is 1. The van der Waals surface area contributed by atoms with E-state index < -0.39 is 5.97 Å². The molecule has 0 unspecified atom stereocenters. The molecular formula is C11H15NaO2. The Morgan fingerprint density at radius 3 is 1.71 bits per heavy atom. The van der Waals surface area contributed by atoms with E-state index in [9.17, 15) is 4.79 Å². The summed E-state index contributed by atoms with van der Waals surface area (Å²) in [5, 5.41) is 8.38. The van der Waals surface area contributed by atoms with Gasteiger partial charge in [-0.15, -0.1) is 0 Å². The molecule has 72 valence electrons. The first-order chi connectivity index (χ1) is 6.04. The average Bonchev–Trinajstić information content (AvgIpc) is 2.05. The first-order valence-corrected chi connectivity index (χ1v) is 4.09. The molecule has 0 bridgehead atoms. The van der Waals surface area contributed by atoms with Gasteiger partial charge in [-0.3, -0.25) is 0 Å². The minimum Gasteiger partial charge on any atom is -0.478 e. The van der Waals surface area contributed by atoms with Crippen LogP contribution in [0, 0.1) is 5.92 Å². The maximum absolute atomic E-state index is 10.2. The van der Waals surface area contributed by atoms with Crippen LogP contribution in [0.2, 0.25) is 0 Å². The van der Waals surface area contributed by atoms with Gasteiger partial charge in [-0.05, 0) is 12.1 Å². The molecule has 0 radical (unpaired) electrons. The fourth-order valence-corrected chi connectivity index (χ4v) is 0.581. The van der Waals surface area contributed by atoms with Crippen molar-refractivity contribution in [3.63, 3.8) is 0 Å². The summed E-state index contributed by atoms with van der Waals surface area (Å²) in [6.45, 7) is 6.25. The fourth-order valence-electron chi connectivity index (χ4n) is 0.581. The van der Waals surface area contributed by atoms with Gasteiger partial charge in [-0.25, -0.2) is 4.79 Å². The molecular weight excluding hydrogens is 187 g/mol. The van der Waals surface area contributed by atoms with E-state index >= 15 is 0 Å². The van der Waals surface area contributed by atoms with Gasteiger partial charge in [0.1, 0.15) is 0 Å². The van der Waals surface area contributed by atoms with E-state index in [2.05, 4.69) is 20.8 Å². The van der Waals surface area contributed by atoms with Gasteiger partial charge in [0, 0.05) is 0 Å². The Kier molecular flexibility index (Phi) is 10.7. The van der Waals surface area contributed by atoms with Crippen LogP contribution in [0.3, 0.4) is 0 Å². The van der Waals surface area contributed by atoms with Crippen molar-refractivity contribution < 1.29 is 39.5 Å². The molecule has 0 saturated carbocycles. The van der Waals surface area contributed by atoms with E-state index in [0.29, 0.717) is 5.56 Å². The van der Waals surface area contributed by atoms with Crippen molar-refractivity contribution in [3.05, 3.63) is 41.8 Å². The summed E-state index contributed by atoms with van der Waals surface area (Å²) in [6.07, 6.45) is 0. The Morgan fingerprint density at radius 2 is 1.50 bits per heavy atom. The van der Waals surface area contributed by atoms with Crippen LogP contribution in [0.25, 0.3) is 0 Å². The monoisotopic (exact) mass is 202 g/mol. The molecule has 0 amide bonds. The van der Waals surface area contributed by atoms with E-state index in [4.69, 9.17) is 5.11 Å². The molecule has 0 aromatic heterocycles. The number of carboxylic acid groups (broad SMARTS) is 1. The second-order valence-corrected chi connectivity index (χ2v) is 3.17. The van der Waals surface area contributed by atoms with Gasteiger partial charge in [0.15, 0.2) is 0 Å². The Hall–Kier alpha value is -0.310. The molecule has 0 spiro atoms. The third kappa shape index (κ3) is 9.78. The number of aromatic carboxylic acids is 1. The van der Waals surface area contributed by atoms with Crippen LogP contribution in [0.1, 0.15) is 31.1 Å². The standard InChI is InChI=1S/C7H6O2.C4H9.Na/c8-7(9)6-4-2-1-3-5-6;1-4(2)3;/h1-5H,(H,8,9);1-3H3;/q;-1;+1. The predicted molar refractivity (Wildman–Crippen MR) is 53.7 cm³/mol. The van der Waals surface area contributed by atoms with Gasteiger partial charge in [-0.2, -0.15) is 20.8 Å². The van der Waals surface area contributed by atoms with E-state index in [1.165, 1.54) is 5.92 Å². The minimum atomic E-state index is -0.879. The normalized spacial score (nSPS) is 8.29. The summed E-state index contributed by atoms with van der Waals surface area (Å²) in [7, 11) is 0. The summed E-state index contributed by atoms with van der Waals surface area (Å²) < 4.78 is 0. The quantitative estimate of drug-likeness (QED) is 0.514. The number of carboxylic acids is 1. The van der Waals surface area contributed by atoms with Crippen molar-refractivity contribution in [2.24, 2.45) is 0 Å². The Labute approximate surface area is 108 Å². The topological polar surface area (TPSA) is 37.3 Å². The summed E-state index contributed by atoms with van der Waals surface area (Å²) in [4.78, 5) is 10.2. The van der Waals surface area contributed by atoms with Crippen LogP contribution in [0.15, 0.2) is 30.3 Å². The number of hydrogen-bond donors (Lipinski definition) is 1. The van der Waals surface area contributed by atoms with Gasteiger partial charge in [0.2, 0.25) is 0 Å². The summed E-state index contributed by atoms with van der Waals surface area (Å²) >= 11 is 0. The van der Waals surface area contributed by atoms with Crippen molar-refractivity contribution >= 4 is 5.97 Å². The first kappa shape index (κ1) is 16.1. The molecule has 0 atom stereocenters. The molecule has 1 aromatic carbocycles. The predicted octanol–water partition coefficient (Wildman–Crippen LogP) is 0.00939. The maximum Gasteiger partial charge on any atom is 1.00 e. The molecule has 1 rings (SSSR count). The summed E-state index contributed by atoms with van der Waals surface area (Å²) in [5.74, 6) is 0.538. The molecule has 0 aliphatic carbocycles. The molecule has 2 nitrogen and oxygen atoms in total. The van der Waals surface area contributed by atoms with Crippen LogP contribution in [0.4, 0.5) is 0 Å². The molecule has 0 fully saturated rings. The largest absolute Gasteiger partial charge is 1.00 e. The van der Waals surface area contributed by atoms with Crippen molar-refractivity contribution in [1.82, 2.24) is 0 Å². The zero-order valence-electron chi connectivity index (χ0n) is 9.24. The summed E-state index contributed by atoms with van der Waals surface area (Å²) in [6, 6.07) is 8.30. The number of rotatable bonds is 1. The van der Waals surface area contributed by atoms with E-state index in [1.54, 1.807) is 30.3 Å². The zero-order chi connectivity index (χ0) is 10.3. The molecule has 0 aliphatic heterocycles. The van der Waals surface area contributed by atoms with Crippen LogP contribution >= 0.6 is 0 Å². The van der Waals surface area contributed by atoms with Gasteiger partial charge in [0.05, 0.1) is 5.56 Å². The molecule has 3 heteroatoms. The van der Waals surface area contributed by atoms with Crippen LogP contribution in [0.5, 0.6) is 0 Å². The van der Waals surface area contributed by atoms with Crippen molar-refractivity contribution in [2.75, 3.05) is 0 Å². The summed E-state index contributed by atoms with van der Waals surface area (Å²) in [5.41, 5.74) is 0.331. The fraction of sp³-hybridized carbons (Fsp3) is 0.273. The van der Waals surface area contributed by atoms with Crippen LogP contribution in [-0.2, 0) is 0 Å². The van der Waals surface area contributed by atoms with Gasteiger partial charge in [-0.1, -0.05) is 18.2 Å². The number of benzene rings is 1. The zero-order valence-corrected chi connectivity index (χ0v) is 11.2. The van der Waals surface area contributed by atoms with Crippen molar-refractivity contribution in [1.29, 1.82) is 0 Å². The van der Waals surface area contributed by atoms with E-state index in [1.807, 2.05) is 0 Å². The van der Waals surface area contributed by atoms with Crippen molar-refractivity contribution in [2.45, 2.75) is 20.8 Å². The third-order valence-corrected chi connectivity index (χ3v) is 1.02. The van der Waals surface area contributed by atoms with E-state index in [-0.39, 0.29) is 29.6 Å². The average molecular weight is 202 g/mol. The SMILES string of the molecule is C[C-](C)C.O=C(O)c1ccccc1.[Na+]. The Morgan fingerprint density at radius 1 is 1.14 bits per heavy atom. The number of carbonyl (C=O) groups is 1. The second kappa shape index (κ2) is 9.25. The van der Waals surface area contributed by atoms with Crippen LogP contribution in [-0.4, -0.2) is 11.1 Å². The first-order valence-electron chi connectivity index (χ1n) is 4.09. The molecule has 14 heavy (non-hydrogen) atoms. The minimum absolute atomic E-state index is 0. The van der Waals surface area contributed by atoms with Crippen LogP contribution < -0.4 is 29.6 Å². The van der Waals surface area contributed by atoms with Crippen molar-refractivity contribution in [3.8, 4) is 0 Å². The van der Waals surface area contributed by atoms with Gasteiger partial charge < -0.3 is 11.0 Å². The third-order valence-electron chi connectivity index (χ3n) is 1.02. The van der Waals surface area contributed by atoms with E-state index in [0.717, 1.165) is 0 Å². The Bertz CT molecular complexity index is 242. The Balaban J connectivity index is 0. The maximum atomic E-state index is 10.2. The molecule has 1 N–H and O–H groups in total.